The number of piperazine rings is 1. The van der Waals surface area contributed by atoms with Crippen LogP contribution in [0.5, 0.6) is 11.5 Å². The molecular formula is C33H30ClN5O3. The molecule has 0 unspecified atom stereocenters. The topological polar surface area (TPSA) is 72.7 Å². The largest absolute Gasteiger partial charge is 0.493 e. The fraction of sp³-hybridized carbons (Fsp3) is 0.182. The third-order valence-corrected chi connectivity index (χ3v) is 7.80. The second kappa shape index (κ2) is 12.0. The zero-order chi connectivity index (χ0) is 29.1. The molecule has 3 aromatic carbocycles. The standard InChI is InChI=1S/C33H30ClN5O3/c1-41-28-14-12-23(20-29(28)42-2)13-15-30(40)37-16-18-38(19-17-37)32-31-25(24-8-4-3-5-9-24)21-39(33(31)36-22-35-32)27-11-7-6-10-26(27)34/h3-15,20-22H,16-19H2,1-2H3/b15-13+. The van der Waals surface area contributed by atoms with E-state index in [-0.39, 0.29) is 5.91 Å². The van der Waals surface area contributed by atoms with Gasteiger partial charge in [0.1, 0.15) is 12.1 Å². The van der Waals surface area contributed by atoms with Gasteiger partial charge < -0.3 is 19.3 Å². The lowest BCUT2D eigenvalue weighted by atomic mass is 10.1. The number of aromatic nitrogens is 3. The lowest BCUT2D eigenvalue weighted by Gasteiger charge is -2.35. The predicted molar refractivity (Wildman–Crippen MR) is 167 cm³/mol. The van der Waals surface area contributed by atoms with E-state index in [1.54, 1.807) is 32.7 Å². The number of fused-ring (bicyclic) bond motifs is 1. The van der Waals surface area contributed by atoms with E-state index in [0.717, 1.165) is 39.2 Å². The van der Waals surface area contributed by atoms with Gasteiger partial charge in [-0.05, 0) is 41.5 Å². The smallest absolute Gasteiger partial charge is 0.246 e. The highest BCUT2D eigenvalue weighted by Crippen LogP contribution is 2.38. The number of carbonyl (C=O) groups excluding carboxylic acids is 1. The second-order valence-electron chi connectivity index (χ2n) is 9.89. The van der Waals surface area contributed by atoms with E-state index in [1.807, 2.05) is 70.1 Å². The molecule has 212 valence electrons. The maximum atomic E-state index is 13.1. The van der Waals surface area contributed by atoms with Gasteiger partial charge in [0.05, 0.1) is 30.3 Å². The predicted octanol–water partition coefficient (Wildman–Crippen LogP) is 6.12. The second-order valence-corrected chi connectivity index (χ2v) is 10.3. The Hall–Kier alpha value is -4.82. The molecule has 9 heteroatoms. The van der Waals surface area contributed by atoms with Gasteiger partial charge in [-0.1, -0.05) is 60.1 Å². The third-order valence-electron chi connectivity index (χ3n) is 7.48. The minimum Gasteiger partial charge on any atom is -0.493 e. The summed E-state index contributed by atoms with van der Waals surface area (Å²) in [6.45, 7) is 2.44. The first-order chi connectivity index (χ1) is 20.6. The van der Waals surface area contributed by atoms with Crippen molar-refractivity contribution in [3.63, 3.8) is 0 Å². The normalized spacial score (nSPS) is 13.6. The van der Waals surface area contributed by atoms with E-state index in [1.165, 1.54) is 0 Å². The van der Waals surface area contributed by atoms with Gasteiger partial charge in [-0.3, -0.25) is 9.36 Å². The molecule has 42 heavy (non-hydrogen) atoms. The lowest BCUT2D eigenvalue weighted by molar-refractivity contribution is -0.126. The molecule has 0 bridgehead atoms. The van der Waals surface area contributed by atoms with Crippen molar-refractivity contribution in [1.82, 2.24) is 19.4 Å². The Balaban J connectivity index is 1.27. The third kappa shape index (κ3) is 5.29. The molecule has 0 atom stereocenters. The molecule has 5 aromatic rings. The van der Waals surface area contributed by atoms with Crippen LogP contribution in [0.2, 0.25) is 5.02 Å². The number of hydrogen-bond acceptors (Lipinski definition) is 6. The molecule has 3 heterocycles. The van der Waals surface area contributed by atoms with Gasteiger partial charge in [-0.2, -0.15) is 0 Å². The van der Waals surface area contributed by atoms with Crippen LogP contribution in [-0.2, 0) is 4.79 Å². The van der Waals surface area contributed by atoms with Crippen molar-refractivity contribution in [2.24, 2.45) is 0 Å². The molecule has 6 rings (SSSR count). The van der Waals surface area contributed by atoms with Crippen LogP contribution in [0.25, 0.3) is 33.9 Å². The summed E-state index contributed by atoms with van der Waals surface area (Å²) in [4.78, 5) is 26.6. The maximum absolute atomic E-state index is 13.1. The zero-order valence-electron chi connectivity index (χ0n) is 23.4. The van der Waals surface area contributed by atoms with Gasteiger partial charge in [-0.15, -0.1) is 0 Å². The monoisotopic (exact) mass is 579 g/mol. The van der Waals surface area contributed by atoms with Gasteiger partial charge in [0.15, 0.2) is 17.1 Å². The van der Waals surface area contributed by atoms with Gasteiger partial charge in [0, 0.05) is 44.0 Å². The highest BCUT2D eigenvalue weighted by atomic mass is 35.5. The highest BCUT2D eigenvalue weighted by molar-refractivity contribution is 6.32. The zero-order valence-corrected chi connectivity index (χ0v) is 24.2. The van der Waals surface area contributed by atoms with E-state index >= 15 is 0 Å². The number of amides is 1. The van der Waals surface area contributed by atoms with Crippen LogP contribution in [0.4, 0.5) is 5.82 Å². The molecule has 0 saturated carbocycles. The average Bonchev–Trinajstić information content (AvgIpc) is 3.44. The van der Waals surface area contributed by atoms with Crippen molar-refractivity contribution >= 4 is 40.4 Å². The molecule has 8 nitrogen and oxygen atoms in total. The first kappa shape index (κ1) is 27.4. The van der Waals surface area contributed by atoms with Gasteiger partial charge in [0.25, 0.3) is 0 Å². The van der Waals surface area contributed by atoms with Crippen LogP contribution in [-0.4, -0.2) is 65.7 Å². The van der Waals surface area contributed by atoms with Crippen molar-refractivity contribution in [3.05, 3.63) is 102 Å². The van der Waals surface area contributed by atoms with Crippen molar-refractivity contribution in [2.75, 3.05) is 45.3 Å². The number of para-hydroxylation sites is 1. The number of methoxy groups -OCH3 is 2. The summed E-state index contributed by atoms with van der Waals surface area (Å²) >= 11 is 6.61. The first-order valence-electron chi connectivity index (χ1n) is 13.7. The summed E-state index contributed by atoms with van der Waals surface area (Å²) in [5.41, 5.74) is 4.59. The van der Waals surface area contributed by atoms with Crippen LogP contribution in [0.15, 0.2) is 91.4 Å². The highest BCUT2D eigenvalue weighted by Gasteiger charge is 2.25. The lowest BCUT2D eigenvalue weighted by Crippen LogP contribution is -2.48. The Morgan fingerprint density at radius 3 is 2.36 bits per heavy atom. The molecule has 0 spiro atoms. The van der Waals surface area contributed by atoms with E-state index in [4.69, 9.17) is 31.0 Å². The Bertz CT molecular complexity index is 1760. The molecule has 0 aliphatic carbocycles. The van der Waals surface area contributed by atoms with Crippen LogP contribution in [0.3, 0.4) is 0 Å². The molecule has 0 radical (unpaired) electrons. The quantitative estimate of drug-likeness (QED) is 0.216. The van der Waals surface area contributed by atoms with Gasteiger partial charge in [-0.25, -0.2) is 9.97 Å². The molecular weight excluding hydrogens is 550 g/mol. The van der Waals surface area contributed by atoms with Crippen LogP contribution in [0, 0.1) is 0 Å². The Labute approximate surface area is 249 Å². The number of ether oxygens (including phenoxy) is 2. The van der Waals surface area contributed by atoms with Gasteiger partial charge in [0.2, 0.25) is 5.91 Å². The molecule has 1 aliphatic heterocycles. The number of rotatable bonds is 7. The Morgan fingerprint density at radius 2 is 1.62 bits per heavy atom. The Morgan fingerprint density at radius 1 is 0.881 bits per heavy atom. The maximum Gasteiger partial charge on any atom is 0.246 e. The molecule has 1 aliphatic rings. The molecule has 0 N–H and O–H groups in total. The summed E-state index contributed by atoms with van der Waals surface area (Å²) in [7, 11) is 3.19. The number of anilines is 1. The van der Waals surface area contributed by atoms with Crippen molar-refractivity contribution in [3.8, 4) is 28.3 Å². The minimum atomic E-state index is -0.0351. The summed E-state index contributed by atoms with van der Waals surface area (Å²) in [6.07, 6.45) is 7.09. The molecule has 1 saturated heterocycles. The van der Waals surface area contributed by atoms with Crippen molar-refractivity contribution in [2.45, 2.75) is 0 Å². The average molecular weight is 580 g/mol. The number of benzene rings is 3. The number of nitrogens with zero attached hydrogens (tertiary/aromatic N) is 5. The molecule has 1 fully saturated rings. The van der Waals surface area contributed by atoms with E-state index in [2.05, 4.69) is 23.2 Å². The summed E-state index contributed by atoms with van der Waals surface area (Å²) in [5, 5.41) is 1.60. The number of halogens is 1. The first-order valence-corrected chi connectivity index (χ1v) is 14.1. The van der Waals surface area contributed by atoms with E-state index in [0.29, 0.717) is 42.7 Å². The summed E-state index contributed by atoms with van der Waals surface area (Å²) in [6, 6.07) is 23.5. The fourth-order valence-electron chi connectivity index (χ4n) is 5.32. The van der Waals surface area contributed by atoms with Crippen LogP contribution in [0.1, 0.15) is 5.56 Å². The summed E-state index contributed by atoms with van der Waals surface area (Å²) < 4.78 is 12.7. The number of hydrogen-bond donors (Lipinski definition) is 0. The number of carbonyl (C=O) groups is 1. The van der Waals surface area contributed by atoms with E-state index < -0.39 is 0 Å². The SMILES string of the molecule is COc1ccc(/C=C/C(=O)N2CCN(c3ncnc4c3c(-c3ccccc3)cn4-c3ccccc3Cl)CC2)cc1OC. The molecule has 1 amide bonds. The van der Waals surface area contributed by atoms with Gasteiger partial charge >= 0.3 is 0 Å². The minimum absolute atomic E-state index is 0.0351. The molecule has 2 aromatic heterocycles. The Kier molecular flexibility index (Phi) is 7.79. The van der Waals surface area contributed by atoms with Crippen molar-refractivity contribution < 1.29 is 14.3 Å². The van der Waals surface area contributed by atoms with Crippen LogP contribution >= 0.6 is 11.6 Å². The van der Waals surface area contributed by atoms with Crippen LogP contribution < -0.4 is 14.4 Å². The summed E-state index contributed by atoms with van der Waals surface area (Å²) in [5.74, 6) is 2.08. The van der Waals surface area contributed by atoms with Crippen molar-refractivity contribution in [1.29, 1.82) is 0 Å². The fourth-order valence-corrected chi connectivity index (χ4v) is 5.55. The van der Waals surface area contributed by atoms with E-state index in [9.17, 15) is 4.79 Å².